The molecule has 0 heterocycles. The van der Waals surface area contributed by atoms with Gasteiger partial charge in [0.1, 0.15) is 4.99 Å². The van der Waals surface area contributed by atoms with Crippen LogP contribution in [-0.2, 0) is 10.0 Å². The summed E-state index contributed by atoms with van der Waals surface area (Å²) in [6, 6.07) is 5.59. The molecule has 8 heteroatoms. The lowest BCUT2D eigenvalue weighted by molar-refractivity contribution is 0.586. The molecule has 106 valence electrons. The topological polar surface area (TPSA) is 84.2 Å². The molecular formula is C11H16BrN3O2S2. The third-order valence-electron chi connectivity index (χ3n) is 2.28. The van der Waals surface area contributed by atoms with Crippen LogP contribution in [0.15, 0.2) is 22.7 Å². The maximum absolute atomic E-state index is 10.9. The van der Waals surface area contributed by atoms with Crippen molar-refractivity contribution in [2.24, 2.45) is 5.73 Å². The van der Waals surface area contributed by atoms with Gasteiger partial charge in [-0.1, -0.05) is 28.1 Å². The van der Waals surface area contributed by atoms with Crippen LogP contribution < -0.4 is 15.8 Å². The first-order valence-corrected chi connectivity index (χ1v) is 8.67. The molecule has 1 aromatic carbocycles. The van der Waals surface area contributed by atoms with Crippen LogP contribution in [0.3, 0.4) is 0 Å². The van der Waals surface area contributed by atoms with Crippen LogP contribution in [0.1, 0.15) is 12.0 Å². The van der Waals surface area contributed by atoms with Gasteiger partial charge in [0.2, 0.25) is 10.0 Å². The van der Waals surface area contributed by atoms with E-state index in [0.717, 1.165) is 22.0 Å². The fourth-order valence-corrected chi connectivity index (χ4v) is 2.50. The van der Waals surface area contributed by atoms with Gasteiger partial charge in [-0.2, -0.15) is 0 Å². The van der Waals surface area contributed by atoms with E-state index < -0.39 is 10.0 Å². The number of thiocarbonyl (C=S) groups is 1. The number of nitrogens with one attached hydrogen (secondary N) is 2. The molecule has 0 radical (unpaired) electrons. The van der Waals surface area contributed by atoms with Crippen LogP contribution in [0.2, 0.25) is 0 Å². The lowest BCUT2D eigenvalue weighted by atomic mass is 10.1. The Labute approximate surface area is 127 Å². The van der Waals surface area contributed by atoms with Crippen molar-refractivity contribution in [1.29, 1.82) is 0 Å². The quantitative estimate of drug-likeness (QED) is 0.502. The monoisotopic (exact) mass is 365 g/mol. The first kappa shape index (κ1) is 16.4. The van der Waals surface area contributed by atoms with Gasteiger partial charge in [0.15, 0.2) is 0 Å². The summed E-state index contributed by atoms with van der Waals surface area (Å²) in [6.07, 6.45) is 1.80. The van der Waals surface area contributed by atoms with Crippen LogP contribution in [0.5, 0.6) is 0 Å². The zero-order chi connectivity index (χ0) is 14.5. The number of nitrogens with two attached hydrogens (primary N) is 1. The molecule has 0 unspecified atom stereocenters. The van der Waals surface area contributed by atoms with Crippen LogP contribution >= 0.6 is 28.1 Å². The zero-order valence-corrected chi connectivity index (χ0v) is 13.7. The maximum Gasteiger partial charge on any atom is 0.208 e. The number of sulfonamides is 1. The third kappa shape index (κ3) is 6.33. The minimum Gasteiger partial charge on any atom is -0.389 e. The zero-order valence-electron chi connectivity index (χ0n) is 10.4. The summed E-state index contributed by atoms with van der Waals surface area (Å²) in [5, 5.41) is 3.19. The van der Waals surface area contributed by atoms with Gasteiger partial charge in [-0.25, -0.2) is 13.1 Å². The molecule has 4 N–H and O–H groups in total. The van der Waals surface area contributed by atoms with Crippen LogP contribution in [0, 0.1) is 0 Å². The van der Waals surface area contributed by atoms with Crippen molar-refractivity contribution in [3.8, 4) is 0 Å². The summed E-state index contributed by atoms with van der Waals surface area (Å²) in [5.41, 5.74) is 7.24. The van der Waals surface area contributed by atoms with Gasteiger partial charge >= 0.3 is 0 Å². The highest BCUT2D eigenvalue weighted by Crippen LogP contribution is 2.21. The lowest BCUT2D eigenvalue weighted by Gasteiger charge is -2.11. The van der Waals surface area contributed by atoms with Gasteiger partial charge in [0.05, 0.1) is 6.26 Å². The minimum absolute atomic E-state index is 0.323. The summed E-state index contributed by atoms with van der Waals surface area (Å²) < 4.78 is 25.1. The largest absolute Gasteiger partial charge is 0.389 e. The molecule has 19 heavy (non-hydrogen) atoms. The standard InChI is InChI=1S/C11H16BrN3O2S2/c1-19(16,17)15-6-2-5-14-10-7-8(12)3-4-9(10)11(13)18/h3-4,7,14-15H,2,5-6H2,1H3,(H2,13,18). The highest BCUT2D eigenvalue weighted by Gasteiger charge is 2.05. The molecular weight excluding hydrogens is 350 g/mol. The molecule has 1 rings (SSSR count). The number of rotatable bonds is 7. The second-order valence-electron chi connectivity index (χ2n) is 4.00. The van der Waals surface area contributed by atoms with Crippen molar-refractivity contribution in [2.75, 3.05) is 24.7 Å². The summed E-state index contributed by atoms with van der Waals surface area (Å²) in [5.74, 6) is 0. The molecule has 0 saturated heterocycles. The fourth-order valence-electron chi connectivity index (χ4n) is 1.45. The second-order valence-corrected chi connectivity index (χ2v) is 7.19. The van der Waals surface area contributed by atoms with Gasteiger partial charge < -0.3 is 11.1 Å². The van der Waals surface area contributed by atoms with E-state index in [-0.39, 0.29) is 0 Å². The number of hydrogen-bond acceptors (Lipinski definition) is 4. The van der Waals surface area contributed by atoms with Crippen molar-refractivity contribution in [3.63, 3.8) is 0 Å². The molecule has 0 atom stereocenters. The second kappa shape index (κ2) is 7.18. The van der Waals surface area contributed by atoms with Crippen LogP contribution in [0.4, 0.5) is 5.69 Å². The Morgan fingerprint density at radius 3 is 2.68 bits per heavy atom. The van der Waals surface area contributed by atoms with E-state index in [1.165, 1.54) is 0 Å². The van der Waals surface area contributed by atoms with E-state index in [1.807, 2.05) is 18.2 Å². The number of hydrogen-bond donors (Lipinski definition) is 3. The molecule has 0 aliphatic heterocycles. The first-order chi connectivity index (χ1) is 8.79. The van der Waals surface area contributed by atoms with Crippen molar-refractivity contribution >= 4 is 48.8 Å². The molecule has 0 saturated carbocycles. The summed E-state index contributed by atoms with van der Waals surface area (Å²) in [6.45, 7) is 1.01. The number of anilines is 1. The minimum atomic E-state index is -3.12. The van der Waals surface area contributed by atoms with Crippen molar-refractivity contribution in [2.45, 2.75) is 6.42 Å². The Morgan fingerprint density at radius 1 is 1.42 bits per heavy atom. The first-order valence-electron chi connectivity index (χ1n) is 5.57. The molecule has 0 bridgehead atoms. The third-order valence-corrected chi connectivity index (χ3v) is 3.72. The summed E-state index contributed by atoms with van der Waals surface area (Å²) in [4.78, 5) is 0.323. The van der Waals surface area contributed by atoms with Gasteiger partial charge in [0, 0.05) is 28.8 Å². The van der Waals surface area contributed by atoms with Crippen molar-refractivity contribution < 1.29 is 8.42 Å². The molecule has 0 aliphatic rings. The molecule has 0 aromatic heterocycles. The van der Waals surface area contributed by atoms with Gasteiger partial charge in [-0.15, -0.1) is 0 Å². The molecule has 0 spiro atoms. The predicted molar refractivity (Wildman–Crippen MR) is 86.0 cm³/mol. The lowest BCUT2D eigenvalue weighted by Crippen LogP contribution is -2.24. The highest BCUT2D eigenvalue weighted by atomic mass is 79.9. The molecule has 0 fully saturated rings. The molecule has 5 nitrogen and oxygen atoms in total. The average Bonchev–Trinajstić information content (AvgIpc) is 2.26. The smallest absolute Gasteiger partial charge is 0.208 e. The summed E-state index contributed by atoms with van der Waals surface area (Å²) in [7, 11) is -3.12. The average molecular weight is 366 g/mol. The Morgan fingerprint density at radius 2 is 2.11 bits per heavy atom. The number of halogens is 1. The van der Waals surface area contributed by atoms with Gasteiger partial charge in [-0.05, 0) is 24.6 Å². The Hall–Kier alpha value is -0.700. The van der Waals surface area contributed by atoms with E-state index in [0.29, 0.717) is 24.5 Å². The SMILES string of the molecule is CS(=O)(=O)NCCCNc1cc(Br)ccc1C(N)=S. The Bertz CT molecular complexity index is 561. The van der Waals surface area contributed by atoms with Crippen LogP contribution in [0.25, 0.3) is 0 Å². The van der Waals surface area contributed by atoms with E-state index in [2.05, 4.69) is 26.0 Å². The fraction of sp³-hybridized carbons (Fsp3) is 0.364. The van der Waals surface area contributed by atoms with E-state index >= 15 is 0 Å². The number of benzene rings is 1. The Balaban J connectivity index is 2.53. The van der Waals surface area contributed by atoms with Crippen molar-refractivity contribution in [3.05, 3.63) is 28.2 Å². The molecule has 0 aliphatic carbocycles. The molecule has 1 aromatic rings. The maximum atomic E-state index is 10.9. The van der Waals surface area contributed by atoms with Crippen molar-refractivity contribution in [1.82, 2.24) is 4.72 Å². The molecule has 0 amide bonds. The van der Waals surface area contributed by atoms with Gasteiger partial charge in [-0.3, -0.25) is 0 Å². The van der Waals surface area contributed by atoms with Gasteiger partial charge in [0.25, 0.3) is 0 Å². The van der Waals surface area contributed by atoms with Crippen LogP contribution in [-0.4, -0.2) is 32.8 Å². The summed E-state index contributed by atoms with van der Waals surface area (Å²) >= 11 is 8.35. The van der Waals surface area contributed by atoms with E-state index in [9.17, 15) is 8.42 Å². The van der Waals surface area contributed by atoms with E-state index in [1.54, 1.807) is 0 Å². The Kier molecular flexibility index (Phi) is 6.18. The predicted octanol–water partition coefficient (Wildman–Crippen LogP) is 1.43. The highest BCUT2D eigenvalue weighted by molar-refractivity contribution is 9.10. The normalized spacial score (nSPS) is 11.3. The van der Waals surface area contributed by atoms with E-state index in [4.69, 9.17) is 18.0 Å².